The molecule has 0 spiro atoms. The number of anilines is 4. The molecule has 0 radical (unpaired) electrons. The van der Waals surface area contributed by atoms with Crippen molar-refractivity contribution in [3.05, 3.63) is 70.3 Å². The molecule has 0 aliphatic carbocycles. The van der Waals surface area contributed by atoms with Crippen LogP contribution in [0.15, 0.2) is 67.2 Å². The van der Waals surface area contributed by atoms with Gasteiger partial charge in [0.15, 0.2) is 17.9 Å². The van der Waals surface area contributed by atoms with Gasteiger partial charge in [-0.3, -0.25) is 24.6 Å². The van der Waals surface area contributed by atoms with E-state index in [4.69, 9.17) is 45.9 Å². The second-order valence-corrected chi connectivity index (χ2v) is 13.2. The molecule has 3 rings (SSSR count). The van der Waals surface area contributed by atoms with E-state index in [2.05, 4.69) is 25.6 Å². The molecule has 3 aromatic rings. The van der Waals surface area contributed by atoms with Gasteiger partial charge >= 0.3 is 0 Å². The topological polar surface area (TPSA) is 303 Å². The Morgan fingerprint density at radius 2 is 1.02 bits per heavy atom. The number of nitrogens with one attached hydrogen (secondary N) is 2. The number of amides is 2. The fourth-order valence-corrected chi connectivity index (χ4v) is 6.49. The zero-order chi connectivity index (χ0) is 36.1. The van der Waals surface area contributed by atoms with Crippen LogP contribution < -0.4 is 56.5 Å². The minimum absolute atomic E-state index is 0.00674. The number of aliphatic imine (C=N–C) groups is 3. The molecule has 0 bridgehead atoms. The largest absolute Gasteiger partial charge is 0.398 e. The fourth-order valence-electron chi connectivity index (χ4n) is 4.73. The van der Waals surface area contributed by atoms with Crippen molar-refractivity contribution in [1.29, 1.82) is 0 Å². The van der Waals surface area contributed by atoms with Crippen molar-refractivity contribution < 1.29 is 9.59 Å². The van der Waals surface area contributed by atoms with Gasteiger partial charge in [-0.25, -0.2) is 0 Å². The number of benzene rings is 3. The smallest absolute Gasteiger partial charge is 0.255 e. The van der Waals surface area contributed by atoms with Crippen molar-refractivity contribution >= 4 is 76.0 Å². The van der Waals surface area contributed by atoms with Crippen LogP contribution in [0.5, 0.6) is 0 Å². The van der Waals surface area contributed by atoms with Crippen LogP contribution in [0.4, 0.5) is 22.7 Å². The van der Waals surface area contributed by atoms with Crippen molar-refractivity contribution in [2.45, 2.75) is 36.5 Å². The molecule has 3 aromatic carbocycles. The molecule has 0 aliphatic rings. The Balaban J connectivity index is 1.95. The summed E-state index contributed by atoms with van der Waals surface area (Å²) in [5.41, 5.74) is 50.5. The highest BCUT2D eigenvalue weighted by molar-refractivity contribution is 7.99. The second-order valence-electron chi connectivity index (χ2n) is 11.0. The maximum atomic E-state index is 13.8. The summed E-state index contributed by atoms with van der Waals surface area (Å²) < 4.78 is 0. The van der Waals surface area contributed by atoms with Crippen LogP contribution in [0.1, 0.15) is 43.8 Å². The van der Waals surface area contributed by atoms with Gasteiger partial charge in [0.05, 0.1) is 34.3 Å². The number of hydrogen-bond donors (Lipinski definition) is 10. The molecule has 0 unspecified atom stereocenters. The van der Waals surface area contributed by atoms with Crippen molar-refractivity contribution in [3.63, 3.8) is 0 Å². The summed E-state index contributed by atoms with van der Waals surface area (Å²) in [4.78, 5) is 41.0. The number of carbonyl (C=O) groups is 2. The number of nitrogen functional groups attached to an aromatic ring is 2. The summed E-state index contributed by atoms with van der Waals surface area (Å²) in [6.07, 6.45) is 1.09. The van der Waals surface area contributed by atoms with Crippen LogP contribution in [0, 0.1) is 13.8 Å². The molecule has 0 heterocycles. The van der Waals surface area contributed by atoms with E-state index in [1.165, 1.54) is 23.5 Å². The first-order valence-electron chi connectivity index (χ1n) is 15.2. The van der Waals surface area contributed by atoms with Crippen molar-refractivity contribution in [1.82, 2.24) is 0 Å². The first-order chi connectivity index (χ1) is 23.2. The summed E-state index contributed by atoms with van der Waals surface area (Å²) in [5, 5.41) is 5.97. The molecule has 0 saturated heterocycles. The van der Waals surface area contributed by atoms with Crippen LogP contribution >= 0.6 is 23.5 Å². The van der Waals surface area contributed by atoms with Gasteiger partial charge in [-0.05, 0) is 85.8 Å². The monoisotopic (exact) mass is 707 g/mol. The Morgan fingerprint density at radius 3 is 1.43 bits per heavy atom. The maximum absolute atomic E-state index is 13.8. The van der Waals surface area contributed by atoms with E-state index in [-0.39, 0.29) is 29.0 Å². The molecular weight excluding hydrogens is 663 g/mol. The number of hydrogen-bond acceptors (Lipinski definition) is 9. The van der Waals surface area contributed by atoms with Crippen LogP contribution in [0.3, 0.4) is 0 Å². The highest BCUT2D eigenvalue weighted by atomic mass is 32.2. The van der Waals surface area contributed by atoms with E-state index in [0.29, 0.717) is 76.5 Å². The molecule has 0 aliphatic heterocycles. The minimum Gasteiger partial charge on any atom is -0.398 e. The predicted molar refractivity (Wildman–Crippen MR) is 205 cm³/mol. The van der Waals surface area contributed by atoms with E-state index in [1.807, 2.05) is 38.1 Å². The molecule has 15 nitrogen and oxygen atoms in total. The quantitative estimate of drug-likeness (QED) is 0.0336. The van der Waals surface area contributed by atoms with E-state index in [1.54, 1.807) is 18.2 Å². The fraction of sp³-hybridized carbons (Fsp3) is 0.281. The van der Waals surface area contributed by atoms with Crippen LogP contribution in [-0.4, -0.2) is 60.8 Å². The number of rotatable bonds is 16. The number of carbonyl (C=O) groups excluding carboxylic acids is 2. The number of nitrogens with two attached hydrogens (primary N) is 8. The summed E-state index contributed by atoms with van der Waals surface area (Å²) in [6, 6.07) is 12.3. The van der Waals surface area contributed by atoms with Gasteiger partial charge in [-0.1, -0.05) is 0 Å². The number of guanidine groups is 3. The molecule has 0 atom stereocenters. The normalized spacial score (nSPS) is 10.6. The number of nitrogens with zero attached hydrogens (tertiary/aromatic N) is 3. The minimum atomic E-state index is -0.424. The summed E-state index contributed by atoms with van der Waals surface area (Å²) in [5.74, 6) is 0.185. The zero-order valence-electron chi connectivity index (χ0n) is 27.6. The molecule has 0 saturated carbocycles. The first-order valence-corrected chi connectivity index (χ1v) is 17.2. The van der Waals surface area contributed by atoms with Gasteiger partial charge in [0.25, 0.3) is 11.8 Å². The second kappa shape index (κ2) is 18.3. The molecule has 0 fully saturated rings. The Morgan fingerprint density at radius 1 is 0.612 bits per heavy atom. The van der Waals surface area contributed by atoms with E-state index >= 15 is 0 Å². The SMILES string of the molecule is Cc1cc(N)c(SCCN=C(N)N)c(NC(=O)c2cc(CCCN=C(N)N)cc(C(=O)Nc3cc(C)cc(N)c3SCCN=C(N)N)c2)c1. The third-order valence-electron chi connectivity index (χ3n) is 6.72. The number of thioether (sulfide) groups is 2. The Kier molecular flexibility index (Phi) is 14.3. The lowest BCUT2D eigenvalue weighted by molar-refractivity contribution is 0.102. The maximum Gasteiger partial charge on any atom is 0.255 e. The van der Waals surface area contributed by atoms with Crippen molar-refractivity contribution in [3.8, 4) is 0 Å². The molecule has 262 valence electrons. The molecule has 17 heteroatoms. The van der Waals surface area contributed by atoms with Gasteiger partial charge in [0.2, 0.25) is 0 Å². The predicted octanol–water partition coefficient (Wildman–Crippen LogP) is 1.91. The molecule has 18 N–H and O–H groups in total. The van der Waals surface area contributed by atoms with Gasteiger partial charge in [0, 0.05) is 40.6 Å². The van der Waals surface area contributed by atoms with Crippen LogP contribution in [0.25, 0.3) is 0 Å². The molecule has 0 aromatic heterocycles. The lowest BCUT2D eigenvalue weighted by Gasteiger charge is -2.16. The third-order valence-corrected chi connectivity index (χ3v) is 8.98. The molecular formula is C32H45N13O2S2. The highest BCUT2D eigenvalue weighted by Gasteiger charge is 2.18. The van der Waals surface area contributed by atoms with Gasteiger partial charge in [-0.2, -0.15) is 0 Å². The zero-order valence-corrected chi connectivity index (χ0v) is 29.2. The molecule has 49 heavy (non-hydrogen) atoms. The van der Waals surface area contributed by atoms with E-state index < -0.39 is 11.8 Å². The molecule has 2 amide bonds. The standard InChI is InChI=1S/C32H45N13O2S2/c1-17-10-22(33)26(48-8-6-42-31(37)38)24(12-17)44-28(46)20-14-19(4-3-5-41-30(35)36)15-21(16-20)29(47)45-25-13-18(2)11-23(34)27(25)49-9-7-43-32(39)40/h10-16H,3-9,33-34H2,1-2H3,(H,44,46)(H,45,47)(H4,35,36,41)(H4,37,38,42)(H4,39,40,43). The van der Waals surface area contributed by atoms with Crippen LogP contribution in [-0.2, 0) is 6.42 Å². The Hall–Kier alpha value is -5.29. The van der Waals surface area contributed by atoms with Crippen molar-refractivity contribution in [2.24, 2.45) is 49.4 Å². The van der Waals surface area contributed by atoms with Crippen LogP contribution in [0.2, 0.25) is 0 Å². The Bertz CT molecular complexity index is 1640. The summed E-state index contributed by atoms with van der Waals surface area (Å²) in [6.45, 7) is 4.89. The van der Waals surface area contributed by atoms with Gasteiger partial charge in [0.1, 0.15) is 0 Å². The van der Waals surface area contributed by atoms with E-state index in [0.717, 1.165) is 16.7 Å². The lowest BCUT2D eigenvalue weighted by atomic mass is 10.0. The average molecular weight is 708 g/mol. The summed E-state index contributed by atoms with van der Waals surface area (Å²) in [7, 11) is 0. The van der Waals surface area contributed by atoms with Crippen molar-refractivity contribution in [2.75, 3.05) is 53.2 Å². The Labute approximate surface area is 294 Å². The number of aryl methyl sites for hydroxylation is 3. The lowest BCUT2D eigenvalue weighted by Crippen LogP contribution is -2.23. The van der Waals surface area contributed by atoms with Gasteiger partial charge < -0.3 is 56.5 Å². The third kappa shape index (κ3) is 12.3. The van der Waals surface area contributed by atoms with E-state index in [9.17, 15) is 9.59 Å². The first kappa shape index (κ1) is 38.2. The summed E-state index contributed by atoms with van der Waals surface area (Å²) >= 11 is 2.83. The van der Waals surface area contributed by atoms with Gasteiger partial charge in [-0.15, -0.1) is 23.5 Å². The average Bonchev–Trinajstić information content (AvgIpc) is 3.01. The highest BCUT2D eigenvalue weighted by Crippen LogP contribution is 2.36.